The SMILES string of the molecule is CCCCN(C)CCCCBr. The standard InChI is InChI=1S/C9H20BrN/c1-3-4-8-11(2)9-6-5-7-10/h3-9H2,1-2H3. The van der Waals surface area contributed by atoms with Crippen molar-refractivity contribution >= 4 is 15.9 Å². The first-order valence-electron chi connectivity index (χ1n) is 4.55. The lowest BCUT2D eigenvalue weighted by molar-refractivity contribution is 0.323. The maximum atomic E-state index is 3.43. The average molecular weight is 222 g/mol. The molecule has 0 unspecified atom stereocenters. The summed E-state index contributed by atoms with van der Waals surface area (Å²) in [6.07, 6.45) is 5.27. The number of halogens is 1. The van der Waals surface area contributed by atoms with Crippen LogP contribution in [0.4, 0.5) is 0 Å². The number of nitrogens with zero attached hydrogens (tertiary/aromatic N) is 1. The van der Waals surface area contributed by atoms with E-state index >= 15 is 0 Å². The van der Waals surface area contributed by atoms with Crippen LogP contribution in [-0.2, 0) is 0 Å². The van der Waals surface area contributed by atoms with Crippen LogP contribution in [0.3, 0.4) is 0 Å². The fraction of sp³-hybridized carbons (Fsp3) is 1.00. The Balaban J connectivity index is 3.02. The van der Waals surface area contributed by atoms with E-state index in [0.717, 1.165) is 5.33 Å². The highest BCUT2D eigenvalue weighted by Gasteiger charge is 1.95. The summed E-state index contributed by atoms with van der Waals surface area (Å²) in [5.41, 5.74) is 0. The van der Waals surface area contributed by atoms with Crippen molar-refractivity contribution in [3.8, 4) is 0 Å². The molecule has 0 aromatic heterocycles. The van der Waals surface area contributed by atoms with Gasteiger partial charge in [0.25, 0.3) is 0 Å². The smallest absolute Gasteiger partial charge is 0.00317 e. The van der Waals surface area contributed by atoms with Gasteiger partial charge >= 0.3 is 0 Å². The molecule has 0 amide bonds. The first kappa shape index (κ1) is 11.4. The third kappa shape index (κ3) is 8.35. The lowest BCUT2D eigenvalue weighted by atomic mass is 10.3. The molecule has 0 aliphatic carbocycles. The molecule has 0 aliphatic heterocycles. The van der Waals surface area contributed by atoms with Crippen molar-refractivity contribution < 1.29 is 0 Å². The Kier molecular flexibility index (Phi) is 8.88. The summed E-state index contributed by atoms with van der Waals surface area (Å²) < 4.78 is 0. The van der Waals surface area contributed by atoms with Crippen molar-refractivity contribution in [3.05, 3.63) is 0 Å². The first-order chi connectivity index (χ1) is 5.31. The Labute approximate surface area is 79.3 Å². The fourth-order valence-corrected chi connectivity index (χ4v) is 1.41. The van der Waals surface area contributed by atoms with Gasteiger partial charge in [0, 0.05) is 5.33 Å². The molecule has 0 rings (SSSR count). The van der Waals surface area contributed by atoms with Crippen molar-refractivity contribution in [2.75, 3.05) is 25.5 Å². The van der Waals surface area contributed by atoms with E-state index in [-0.39, 0.29) is 0 Å². The summed E-state index contributed by atoms with van der Waals surface area (Å²) in [7, 11) is 2.21. The summed E-state index contributed by atoms with van der Waals surface area (Å²) in [6, 6.07) is 0. The van der Waals surface area contributed by atoms with Gasteiger partial charge in [0.05, 0.1) is 0 Å². The summed E-state index contributed by atoms with van der Waals surface area (Å²) in [5.74, 6) is 0. The Morgan fingerprint density at radius 2 is 1.73 bits per heavy atom. The van der Waals surface area contributed by atoms with Crippen LogP contribution < -0.4 is 0 Å². The average Bonchev–Trinajstić information content (AvgIpc) is 2.01. The predicted octanol–water partition coefficient (Wildman–Crippen LogP) is 2.89. The lowest BCUT2D eigenvalue weighted by Crippen LogP contribution is -2.20. The zero-order valence-corrected chi connectivity index (χ0v) is 9.36. The van der Waals surface area contributed by atoms with Gasteiger partial charge in [0.2, 0.25) is 0 Å². The van der Waals surface area contributed by atoms with Gasteiger partial charge in [-0.05, 0) is 39.4 Å². The van der Waals surface area contributed by atoms with Gasteiger partial charge in [-0.3, -0.25) is 0 Å². The van der Waals surface area contributed by atoms with E-state index < -0.39 is 0 Å². The maximum Gasteiger partial charge on any atom is 0.00317 e. The van der Waals surface area contributed by atoms with Gasteiger partial charge in [-0.2, -0.15) is 0 Å². The fourth-order valence-electron chi connectivity index (χ4n) is 1.02. The summed E-state index contributed by atoms with van der Waals surface area (Å²) in [6.45, 7) is 4.76. The van der Waals surface area contributed by atoms with E-state index in [4.69, 9.17) is 0 Å². The summed E-state index contributed by atoms with van der Waals surface area (Å²) in [4.78, 5) is 2.42. The third-order valence-corrected chi connectivity index (χ3v) is 2.38. The Bertz CT molecular complexity index is 76.0. The molecule has 0 aliphatic rings. The van der Waals surface area contributed by atoms with Gasteiger partial charge in [0.15, 0.2) is 0 Å². The molecule has 68 valence electrons. The second kappa shape index (κ2) is 8.54. The number of hydrogen-bond acceptors (Lipinski definition) is 1. The largest absolute Gasteiger partial charge is 0.306 e. The molecular formula is C9H20BrN. The van der Waals surface area contributed by atoms with Crippen molar-refractivity contribution in [3.63, 3.8) is 0 Å². The van der Waals surface area contributed by atoms with E-state index in [1.54, 1.807) is 0 Å². The number of alkyl halides is 1. The molecule has 0 saturated carbocycles. The molecule has 0 atom stereocenters. The monoisotopic (exact) mass is 221 g/mol. The highest BCUT2D eigenvalue weighted by Crippen LogP contribution is 1.97. The van der Waals surface area contributed by atoms with Crippen LogP contribution >= 0.6 is 15.9 Å². The molecule has 11 heavy (non-hydrogen) atoms. The van der Waals surface area contributed by atoms with Crippen LogP contribution in [0.25, 0.3) is 0 Å². The minimum atomic E-state index is 1.15. The Morgan fingerprint density at radius 1 is 1.09 bits per heavy atom. The molecule has 2 heteroatoms. The molecule has 0 aromatic carbocycles. The minimum absolute atomic E-state index is 1.15. The van der Waals surface area contributed by atoms with E-state index in [1.807, 2.05) is 0 Å². The van der Waals surface area contributed by atoms with E-state index in [1.165, 1.54) is 38.8 Å². The van der Waals surface area contributed by atoms with Gasteiger partial charge in [0.1, 0.15) is 0 Å². The predicted molar refractivity (Wildman–Crippen MR) is 55.4 cm³/mol. The van der Waals surface area contributed by atoms with Crippen LogP contribution in [0, 0.1) is 0 Å². The first-order valence-corrected chi connectivity index (χ1v) is 5.68. The molecular weight excluding hydrogens is 202 g/mol. The second-order valence-electron chi connectivity index (χ2n) is 3.05. The van der Waals surface area contributed by atoms with Crippen LogP contribution in [0.5, 0.6) is 0 Å². The molecule has 0 heterocycles. The molecule has 0 aromatic rings. The highest BCUT2D eigenvalue weighted by molar-refractivity contribution is 9.09. The quantitative estimate of drug-likeness (QED) is 0.473. The van der Waals surface area contributed by atoms with Crippen LogP contribution in [-0.4, -0.2) is 30.4 Å². The molecule has 0 saturated heterocycles. The van der Waals surface area contributed by atoms with Crippen LogP contribution in [0.2, 0.25) is 0 Å². The van der Waals surface area contributed by atoms with E-state index in [9.17, 15) is 0 Å². The summed E-state index contributed by atoms with van der Waals surface area (Å²) in [5, 5.41) is 1.15. The summed E-state index contributed by atoms with van der Waals surface area (Å²) >= 11 is 3.43. The lowest BCUT2D eigenvalue weighted by Gasteiger charge is -2.14. The molecule has 0 fully saturated rings. The van der Waals surface area contributed by atoms with Crippen LogP contribution in [0.1, 0.15) is 32.6 Å². The van der Waals surface area contributed by atoms with Gasteiger partial charge in [-0.25, -0.2) is 0 Å². The van der Waals surface area contributed by atoms with Gasteiger partial charge in [-0.15, -0.1) is 0 Å². The third-order valence-electron chi connectivity index (χ3n) is 1.82. The number of hydrogen-bond donors (Lipinski definition) is 0. The zero-order valence-electron chi connectivity index (χ0n) is 7.77. The Morgan fingerprint density at radius 3 is 2.27 bits per heavy atom. The number of unbranched alkanes of at least 4 members (excludes halogenated alkanes) is 2. The van der Waals surface area contributed by atoms with Crippen molar-refractivity contribution in [2.24, 2.45) is 0 Å². The highest BCUT2D eigenvalue weighted by atomic mass is 79.9. The molecule has 0 N–H and O–H groups in total. The molecule has 1 nitrogen and oxygen atoms in total. The Hall–Kier alpha value is 0.440. The zero-order chi connectivity index (χ0) is 8.53. The molecule has 0 spiro atoms. The van der Waals surface area contributed by atoms with E-state index in [2.05, 4.69) is 34.8 Å². The van der Waals surface area contributed by atoms with Crippen molar-refractivity contribution in [1.82, 2.24) is 4.90 Å². The van der Waals surface area contributed by atoms with E-state index in [0.29, 0.717) is 0 Å². The maximum absolute atomic E-state index is 3.43. The van der Waals surface area contributed by atoms with Gasteiger partial charge < -0.3 is 4.90 Å². The van der Waals surface area contributed by atoms with Crippen LogP contribution in [0.15, 0.2) is 0 Å². The molecule has 0 bridgehead atoms. The van der Waals surface area contributed by atoms with Gasteiger partial charge in [-0.1, -0.05) is 29.3 Å². The number of rotatable bonds is 7. The van der Waals surface area contributed by atoms with Crippen molar-refractivity contribution in [1.29, 1.82) is 0 Å². The second-order valence-corrected chi connectivity index (χ2v) is 3.85. The topological polar surface area (TPSA) is 3.24 Å². The minimum Gasteiger partial charge on any atom is -0.306 e. The van der Waals surface area contributed by atoms with Crippen molar-refractivity contribution in [2.45, 2.75) is 32.6 Å². The normalized spacial score (nSPS) is 10.9. The molecule has 0 radical (unpaired) electrons.